The molecular weight excluding hydrogens is 308 g/mol. The molecule has 0 saturated carbocycles. The maximum atomic E-state index is 8.75. The first-order valence-corrected chi connectivity index (χ1v) is 6.19. The molecule has 0 fully saturated rings. The van der Waals surface area contributed by atoms with Gasteiger partial charge in [-0.25, -0.2) is 4.98 Å². The smallest absolute Gasteiger partial charge is 0.153 e. The highest BCUT2D eigenvalue weighted by Gasteiger charge is 2.05. The molecule has 2 rings (SSSR count). The summed E-state index contributed by atoms with van der Waals surface area (Å²) in [5, 5.41) is 11.8. The Hall–Kier alpha value is -2.26. The Morgan fingerprint density at radius 2 is 2.21 bits per heavy atom. The van der Waals surface area contributed by atoms with Gasteiger partial charge in [-0.3, -0.25) is 0 Å². The zero-order valence-electron chi connectivity index (χ0n) is 10.1. The summed E-state index contributed by atoms with van der Waals surface area (Å²) < 4.78 is 5.98. The van der Waals surface area contributed by atoms with Crippen molar-refractivity contribution >= 4 is 33.1 Å². The molecule has 6 heteroatoms. The van der Waals surface area contributed by atoms with E-state index in [1.807, 2.05) is 24.3 Å². The van der Waals surface area contributed by atoms with E-state index in [0.717, 1.165) is 15.9 Å². The lowest BCUT2D eigenvalue weighted by molar-refractivity contribution is 0.412. The van der Waals surface area contributed by atoms with Crippen molar-refractivity contribution in [2.75, 3.05) is 18.2 Å². The number of methoxy groups -OCH3 is 1. The third kappa shape index (κ3) is 2.95. The lowest BCUT2D eigenvalue weighted by Gasteiger charge is -2.10. The van der Waals surface area contributed by atoms with Gasteiger partial charge < -0.3 is 15.8 Å². The Morgan fingerprint density at radius 3 is 2.79 bits per heavy atom. The van der Waals surface area contributed by atoms with E-state index in [2.05, 4.69) is 26.2 Å². The molecule has 96 valence electrons. The molecule has 0 amide bonds. The van der Waals surface area contributed by atoms with Crippen LogP contribution in [0.1, 0.15) is 5.56 Å². The van der Waals surface area contributed by atoms with Crippen molar-refractivity contribution in [3.8, 4) is 11.8 Å². The number of halogens is 1. The highest BCUT2D eigenvalue weighted by atomic mass is 79.9. The molecule has 2 aromatic rings. The third-order valence-electron chi connectivity index (χ3n) is 2.46. The van der Waals surface area contributed by atoms with Crippen LogP contribution in [0.3, 0.4) is 0 Å². The molecule has 5 nitrogen and oxygen atoms in total. The second kappa shape index (κ2) is 5.59. The monoisotopic (exact) mass is 318 g/mol. The minimum Gasteiger partial charge on any atom is -0.496 e. The molecule has 0 aliphatic heterocycles. The number of nitrogens with two attached hydrogens (primary N) is 1. The van der Waals surface area contributed by atoms with Gasteiger partial charge in [-0.05, 0) is 40.2 Å². The highest BCUT2D eigenvalue weighted by molar-refractivity contribution is 9.10. The second-order valence-electron chi connectivity index (χ2n) is 3.75. The van der Waals surface area contributed by atoms with Crippen molar-refractivity contribution in [1.82, 2.24) is 4.98 Å². The first-order valence-electron chi connectivity index (χ1n) is 5.40. The van der Waals surface area contributed by atoms with Crippen LogP contribution in [0.2, 0.25) is 0 Å². The van der Waals surface area contributed by atoms with Crippen molar-refractivity contribution in [1.29, 1.82) is 5.26 Å². The summed E-state index contributed by atoms with van der Waals surface area (Å²) in [5.74, 6) is 1.25. The minimum atomic E-state index is 0.422. The topological polar surface area (TPSA) is 84.0 Å². The number of aromatic nitrogens is 1. The number of hydrogen-bond donors (Lipinski definition) is 2. The molecule has 19 heavy (non-hydrogen) atoms. The number of benzene rings is 1. The summed E-state index contributed by atoms with van der Waals surface area (Å²) in [7, 11) is 1.60. The van der Waals surface area contributed by atoms with Crippen LogP contribution in [0.15, 0.2) is 34.9 Å². The van der Waals surface area contributed by atoms with Gasteiger partial charge >= 0.3 is 0 Å². The van der Waals surface area contributed by atoms with E-state index in [4.69, 9.17) is 15.7 Å². The fourth-order valence-electron chi connectivity index (χ4n) is 1.53. The molecule has 1 aromatic heterocycles. The van der Waals surface area contributed by atoms with Crippen LogP contribution in [0.25, 0.3) is 0 Å². The van der Waals surface area contributed by atoms with E-state index >= 15 is 0 Å². The van der Waals surface area contributed by atoms with Crippen molar-refractivity contribution < 1.29 is 4.74 Å². The first-order chi connectivity index (χ1) is 9.13. The van der Waals surface area contributed by atoms with Crippen LogP contribution in [0.4, 0.5) is 17.2 Å². The molecule has 1 aromatic carbocycles. The number of anilines is 3. The molecule has 0 atom stereocenters. The molecule has 0 radical (unpaired) electrons. The molecule has 0 aliphatic rings. The lowest BCUT2D eigenvalue weighted by Crippen LogP contribution is -2.00. The number of pyridine rings is 1. The van der Waals surface area contributed by atoms with Crippen molar-refractivity contribution in [2.45, 2.75) is 0 Å². The molecule has 0 unspecified atom stereocenters. The van der Waals surface area contributed by atoms with Crippen LogP contribution in [-0.2, 0) is 0 Å². The summed E-state index contributed by atoms with van der Waals surface area (Å²) in [4.78, 5) is 4.11. The number of ether oxygens (including phenoxy) is 1. The van der Waals surface area contributed by atoms with Gasteiger partial charge in [-0.15, -0.1) is 0 Å². The fraction of sp³-hybridized carbons (Fsp3) is 0.0769. The van der Waals surface area contributed by atoms with Gasteiger partial charge in [0.15, 0.2) is 5.82 Å². The normalized spacial score (nSPS) is 9.74. The highest BCUT2D eigenvalue weighted by Crippen LogP contribution is 2.30. The van der Waals surface area contributed by atoms with Gasteiger partial charge in [0.2, 0.25) is 0 Å². The third-order valence-corrected chi connectivity index (χ3v) is 3.08. The Balaban J connectivity index is 2.26. The molecule has 1 heterocycles. The van der Waals surface area contributed by atoms with Crippen LogP contribution in [0, 0.1) is 11.3 Å². The molecule has 0 saturated heterocycles. The van der Waals surface area contributed by atoms with Crippen molar-refractivity contribution in [3.63, 3.8) is 0 Å². The quantitative estimate of drug-likeness (QED) is 0.908. The maximum absolute atomic E-state index is 8.75. The molecular formula is C13H11BrN4O. The van der Waals surface area contributed by atoms with E-state index in [-0.39, 0.29) is 0 Å². The second-order valence-corrected chi connectivity index (χ2v) is 4.60. The molecule has 3 N–H and O–H groups in total. The van der Waals surface area contributed by atoms with Gasteiger partial charge in [0.05, 0.1) is 22.8 Å². The van der Waals surface area contributed by atoms with Gasteiger partial charge in [0.1, 0.15) is 11.8 Å². The standard InChI is InChI=1S/C13H11BrN4O/c1-19-12-3-2-9(5-10(12)14)18-13-11(16)4-8(6-15)7-17-13/h2-5,7H,16H2,1H3,(H,17,18). The molecule has 0 spiro atoms. The van der Waals surface area contributed by atoms with Crippen LogP contribution in [0.5, 0.6) is 5.75 Å². The predicted octanol–water partition coefficient (Wildman–Crippen LogP) is 3.05. The van der Waals surface area contributed by atoms with Crippen LogP contribution in [-0.4, -0.2) is 12.1 Å². The number of nitrogens with zero attached hydrogens (tertiary/aromatic N) is 2. The predicted molar refractivity (Wildman–Crippen MR) is 77.3 cm³/mol. The molecule has 0 bridgehead atoms. The largest absolute Gasteiger partial charge is 0.496 e. The zero-order valence-corrected chi connectivity index (χ0v) is 11.7. The summed E-state index contributed by atoms with van der Waals surface area (Å²) in [5.41, 5.74) is 7.49. The number of hydrogen-bond acceptors (Lipinski definition) is 5. The molecule has 0 aliphatic carbocycles. The summed E-state index contributed by atoms with van der Waals surface area (Å²) >= 11 is 3.40. The Morgan fingerprint density at radius 1 is 1.42 bits per heavy atom. The fourth-order valence-corrected chi connectivity index (χ4v) is 2.07. The lowest BCUT2D eigenvalue weighted by atomic mass is 10.2. The van der Waals surface area contributed by atoms with E-state index in [9.17, 15) is 0 Å². The van der Waals surface area contributed by atoms with Crippen LogP contribution >= 0.6 is 15.9 Å². The van der Waals surface area contributed by atoms with E-state index in [1.54, 1.807) is 13.2 Å². The average Bonchev–Trinajstić information content (AvgIpc) is 2.41. The zero-order chi connectivity index (χ0) is 13.8. The summed E-state index contributed by atoms with van der Waals surface area (Å²) in [6.07, 6.45) is 1.47. The number of nitrogens with one attached hydrogen (secondary N) is 1. The van der Waals surface area contributed by atoms with Gasteiger partial charge in [0, 0.05) is 11.9 Å². The maximum Gasteiger partial charge on any atom is 0.153 e. The van der Waals surface area contributed by atoms with Gasteiger partial charge in [0.25, 0.3) is 0 Å². The van der Waals surface area contributed by atoms with E-state index in [1.165, 1.54) is 6.20 Å². The minimum absolute atomic E-state index is 0.422. The Kier molecular flexibility index (Phi) is 3.88. The first kappa shape index (κ1) is 13.2. The summed E-state index contributed by atoms with van der Waals surface area (Å²) in [6, 6.07) is 9.10. The van der Waals surface area contributed by atoms with E-state index < -0.39 is 0 Å². The Labute approximate surface area is 119 Å². The SMILES string of the molecule is COc1ccc(Nc2ncc(C#N)cc2N)cc1Br. The number of rotatable bonds is 3. The van der Waals surface area contributed by atoms with Crippen molar-refractivity contribution in [2.24, 2.45) is 0 Å². The average molecular weight is 319 g/mol. The summed E-state index contributed by atoms with van der Waals surface area (Å²) in [6.45, 7) is 0. The van der Waals surface area contributed by atoms with Gasteiger partial charge in [-0.1, -0.05) is 0 Å². The van der Waals surface area contributed by atoms with Gasteiger partial charge in [-0.2, -0.15) is 5.26 Å². The van der Waals surface area contributed by atoms with E-state index in [0.29, 0.717) is 17.1 Å². The number of nitriles is 1. The van der Waals surface area contributed by atoms with Crippen molar-refractivity contribution in [3.05, 3.63) is 40.5 Å². The number of nitrogen functional groups attached to an aromatic ring is 1. The Bertz CT molecular complexity index is 652. The van der Waals surface area contributed by atoms with Crippen LogP contribution < -0.4 is 15.8 Å².